The van der Waals surface area contributed by atoms with Crippen LogP contribution in [0.15, 0.2) is 0 Å². The van der Waals surface area contributed by atoms with Crippen LogP contribution in [-0.4, -0.2) is 16.8 Å². The Labute approximate surface area is 47.1 Å². The van der Waals surface area contributed by atoms with Gasteiger partial charge in [-0.1, -0.05) is 0 Å². The van der Waals surface area contributed by atoms with Crippen molar-refractivity contribution in [2.45, 2.75) is 5.25 Å². The molecule has 1 heterocycles. The summed E-state index contributed by atoms with van der Waals surface area (Å²) in [7, 11) is 0. The van der Waals surface area contributed by atoms with E-state index in [0.29, 0.717) is 0 Å². The molecule has 1 aliphatic heterocycles. The maximum Gasteiger partial charge on any atom is 0.0229 e. The Kier molecular flexibility index (Phi) is 1.72. The predicted molar refractivity (Wildman–Crippen MR) is 34.1 cm³/mol. The van der Waals surface area contributed by atoms with Crippen LogP contribution in [0.25, 0.3) is 0 Å². The van der Waals surface area contributed by atoms with Crippen LogP contribution in [0.2, 0.25) is 0 Å². The van der Waals surface area contributed by atoms with Crippen molar-refractivity contribution in [3.63, 3.8) is 0 Å². The highest BCUT2D eigenvalue weighted by Gasteiger charge is 2.20. The molecule has 1 atom stereocenters. The van der Waals surface area contributed by atoms with Crippen LogP contribution < -0.4 is 0 Å². The van der Waals surface area contributed by atoms with Gasteiger partial charge >= 0.3 is 0 Å². The molecule has 0 aromatic rings. The summed E-state index contributed by atoms with van der Waals surface area (Å²) < 4.78 is 0. The summed E-state index contributed by atoms with van der Waals surface area (Å²) in [4.78, 5) is 0. The zero-order valence-corrected chi connectivity index (χ0v) is 5.15. The molecule has 0 aromatic heterocycles. The third kappa shape index (κ3) is 1.43. The third-order valence-corrected chi connectivity index (χ3v) is 2.53. The van der Waals surface area contributed by atoms with Gasteiger partial charge in [0.1, 0.15) is 0 Å². The summed E-state index contributed by atoms with van der Waals surface area (Å²) in [5, 5.41) is 0.965. The molecule has 1 saturated heterocycles. The first kappa shape index (κ1) is 4.85. The summed E-state index contributed by atoms with van der Waals surface area (Å²) >= 11 is 3.73. The highest BCUT2D eigenvalue weighted by molar-refractivity contribution is 8.09. The molecule has 0 aromatic carbocycles. The van der Waals surface area contributed by atoms with E-state index in [-0.39, 0.29) is 0 Å². The summed E-state index contributed by atoms with van der Waals surface area (Å²) in [5.74, 6) is 2.63. The standard InChI is InChI=1S/C4H7S2/c1-5-2-4-3-6-4/h4H,1-3H2. The maximum atomic E-state index is 3.67. The van der Waals surface area contributed by atoms with Gasteiger partial charge in [0.2, 0.25) is 0 Å². The normalized spacial score (nSPS) is 30.5. The molecule has 2 heteroatoms. The highest BCUT2D eigenvalue weighted by Crippen LogP contribution is 2.32. The Hall–Kier alpha value is 0.700. The number of hydrogen-bond acceptors (Lipinski definition) is 2. The summed E-state index contributed by atoms with van der Waals surface area (Å²) in [6.45, 7) is 0. The molecule has 1 aliphatic rings. The van der Waals surface area contributed by atoms with Gasteiger partial charge in [0.15, 0.2) is 0 Å². The monoisotopic (exact) mass is 119 g/mol. The van der Waals surface area contributed by atoms with Gasteiger partial charge in [-0.25, -0.2) is 0 Å². The van der Waals surface area contributed by atoms with Gasteiger partial charge in [0.25, 0.3) is 0 Å². The molecule has 1 radical (unpaired) electrons. The first-order valence-corrected chi connectivity index (χ1v) is 4.12. The fourth-order valence-electron chi connectivity index (χ4n) is 0.296. The van der Waals surface area contributed by atoms with E-state index < -0.39 is 0 Å². The van der Waals surface area contributed by atoms with Crippen molar-refractivity contribution in [1.82, 2.24) is 0 Å². The summed E-state index contributed by atoms with van der Waals surface area (Å²) in [5.41, 5.74) is 0. The van der Waals surface area contributed by atoms with Crippen LogP contribution in [0, 0.1) is 6.26 Å². The van der Waals surface area contributed by atoms with Gasteiger partial charge in [-0.2, -0.15) is 23.5 Å². The van der Waals surface area contributed by atoms with Crippen molar-refractivity contribution in [2.24, 2.45) is 0 Å². The Bertz CT molecular complexity index is 40.8. The second kappa shape index (κ2) is 2.12. The van der Waals surface area contributed by atoms with Gasteiger partial charge in [-0.15, -0.1) is 0 Å². The van der Waals surface area contributed by atoms with E-state index in [1.807, 2.05) is 11.8 Å². The molecule has 6 heavy (non-hydrogen) atoms. The topological polar surface area (TPSA) is 0 Å². The average molecular weight is 119 g/mol. The van der Waals surface area contributed by atoms with Crippen LogP contribution in [0.3, 0.4) is 0 Å². The van der Waals surface area contributed by atoms with Crippen molar-refractivity contribution >= 4 is 23.5 Å². The lowest BCUT2D eigenvalue weighted by molar-refractivity contribution is 1.27. The highest BCUT2D eigenvalue weighted by atomic mass is 32.2. The molecule has 0 bridgehead atoms. The molecule has 35 valence electrons. The largest absolute Gasteiger partial charge is 0.160 e. The van der Waals surface area contributed by atoms with E-state index in [4.69, 9.17) is 0 Å². The molecule has 1 unspecified atom stereocenters. The van der Waals surface area contributed by atoms with E-state index in [9.17, 15) is 0 Å². The van der Waals surface area contributed by atoms with Gasteiger partial charge in [0.05, 0.1) is 0 Å². The van der Waals surface area contributed by atoms with Crippen molar-refractivity contribution in [1.29, 1.82) is 0 Å². The molecular formula is C4H7S2. The van der Waals surface area contributed by atoms with Crippen LogP contribution >= 0.6 is 23.5 Å². The molecule has 0 spiro atoms. The van der Waals surface area contributed by atoms with E-state index in [1.165, 1.54) is 11.5 Å². The summed E-state index contributed by atoms with van der Waals surface area (Å²) in [6.07, 6.45) is 3.67. The van der Waals surface area contributed by atoms with Crippen molar-refractivity contribution < 1.29 is 0 Å². The van der Waals surface area contributed by atoms with E-state index in [0.717, 1.165) is 5.25 Å². The van der Waals surface area contributed by atoms with E-state index in [1.54, 1.807) is 11.8 Å². The lowest BCUT2D eigenvalue weighted by Crippen LogP contribution is -1.82. The Morgan fingerprint density at radius 3 is 2.83 bits per heavy atom. The number of rotatable bonds is 2. The Morgan fingerprint density at radius 1 is 2.00 bits per heavy atom. The SMILES string of the molecule is [CH2]SCC1CS1. The zero-order chi connectivity index (χ0) is 4.41. The molecular weight excluding hydrogens is 112 g/mol. The van der Waals surface area contributed by atoms with Crippen molar-refractivity contribution in [3.05, 3.63) is 6.26 Å². The minimum Gasteiger partial charge on any atom is -0.160 e. The lowest BCUT2D eigenvalue weighted by Gasteiger charge is -1.81. The second-order valence-electron chi connectivity index (χ2n) is 1.33. The smallest absolute Gasteiger partial charge is 0.0229 e. The Balaban J connectivity index is 1.88. The second-order valence-corrected chi connectivity index (χ2v) is 3.40. The predicted octanol–water partition coefficient (Wildman–Crippen LogP) is 1.63. The van der Waals surface area contributed by atoms with E-state index in [2.05, 4.69) is 6.26 Å². The van der Waals surface area contributed by atoms with Gasteiger partial charge in [0, 0.05) is 23.0 Å². The van der Waals surface area contributed by atoms with Crippen LogP contribution in [0.1, 0.15) is 0 Å². The minimum atomic E-state index is 0.965. The number of hydrogen-bond donors (Lipinski definition) is 0. The van der Waals surface area contributed by atoms with Crippen LogP contribution in [-0.2, 0) is 0 Å². The fourth-order valence-corrected chi connectivity index (χ4v) is 1.75. The van der Waals surface area contributed by atoms with Crippen molar-refractivity contribution in [3.8, 4) is 0 Å². The number of thioether (sulfide) groups is 2. The first-order valence-electron chi connectivity index (χ1n) is 1.92. The van der Waals surface area contributed by atoms with Gasteiger partial charge in [-0.05, 0) is 0 Å². The first-order chi connectivity index (χ1) is 2.93. The van der Waals surface area contributed by atoms with E-state index >= 15 is 0 Å². The fraction of sp³-hybridized carbons (Fsp3) is 0.750. The van der Waals surface area contributed by atoms with Crippen LogP contribution in [0.4, 0.5) is 0 Å². The van der Waals surface area contributed by atoms with Gasteiger partial charge < -0.3 is 0 Å². The molecule has 1 rings (SSSR count). The molecule has 0 N–H and O–H groups in total. The lowest BCUT2D eigenvalue weighted by atomic mass is 10.6. The van der Waals surface area contributed by atoms with Gasteiger partial charge in [-0.3, -0.25) is 0 Å². The summed E-state index contributed by atoms with van der Waals surface area (Å²) in [6, 6.07) is 0. The third-order valence-electron chi connectivity index (χ3n) is 0.706. The minimum absolute atomic E-state index is 0.965. The maximum absolute atomic E-state index is 3.67. The molecule has 0 amide bonds. The quantitative estimate of drug-likeness (QED) is 0.507. The van der Waals surface area contributed by atoms with Crippen molar-refractivity contribution in [2.75, 3.05) is 11.5 Å². The average Bonchev–Trinajstić information content (AvgIpc) is 2.21. The molecule has 0 aliphatic carbocycles. The Morgan fingerprint density at radius 2 is 2.67 bits per heavy atom. The van der Waals surface area contributed by atoms with Crippen LogP contribution in [0.5, 0.6) is 0 Å². The molecule has 0 saturated carbocycles. The molecule has 1 fully saturated rings. The zero-order valence-electron chi connectivity index (χ0n) is 3.52. The molecule has 0 nitrogen and oxygen atoms in total.